The molecule has 11 nitrogen and oxygen atoms in total. The van der Waals surface area contributed by atoms with Gasteiger partial charge >= 0.3 is 25.7 Å². The Kier molecular flexibility index (Phi) is 56.8. The molecule has 0 aliphatic carbocycles. The van der Waals surface area contributed by atoms with Crippen LogP contribution in [0.5, 0.6) is 0 Å². The number of unbranched alkanes of at least 4 members (excludes halogenated alkanes) is 24. The van der Waals surface area contributed by atoms with Crippen molar-refractivity contribution in [2.24, 2.45) is 0 Å². The molecule has 0 aliphatic rings. The number of esters is 3. The molecular formula is C66H113O11P. The zero-order valence-corrected chi connectivity index (χ0v) is 50.5. The number of hydrogen-bond donors (Lipinski definition) is 2. The Labute approximate surface area is 476 Å². The highest BCUT2D eigenvalue weighted by Crippen LogP contribution is 2.43. The van der Waals surface area contributed by atoms with E-state index in [1.54, 1.807) is 0 Å². The van der Waals surface area contributed by atoms with Crippen LogP contribution in [0.3, 0.4) is 0 Å². The van der Waals surface area contributed by atoms with E-state index in [1.165, 1.54) is 83.5 Å². The van der Waals surface area contributed by atoms with E-state index < -0.39 is 57.8 Å². The maximum absolute atomic E-state index is 12.9. The zero-order valence-electron chi connectivity index (χ0n) is 49.6. The highest BCUT2D eigenvalue weighted by atomic mass is 31.2. The second-order valence-electron chi connectivity index (χ2n) is 20.5. The minimum atomic E-state index is -4.77. The third-order valence-corrected chi connectivity index (χ3v) is 14.0. The first-order valence-corrected chi connectivity index (χ1v) is 32.6. The van der Waals surface area contributed by atoms with Crippen LogP contribution in [0, 0.1) is 0 Å². The number of phosphoric acid groups is 1. The molecule has 12 heteroatoms. The lowest BCUT2D eigenvalue weighted by Crippen LogP contribution is -2.30. The fourth-order valence-corrected chi connectivity index (χ4v) is 9.13. The van der Waals surface area contributed by atoms with Gasteiger partial charge in [-0.05, 0) is 89.9 Å². The SMILES string of the molecule is CC/C=C\C/C=C\C/C=C\C/C=C\C/C=C\CCCC(=O)OCC(COP(=O)(O)OCC(CO)OC(=O)CCCCCCCCCCCCCCCCCCC)OC(=O)CCCCCCCCC/C=C\C/C=C\C/C=C\CC. The van der Waals surface area contributed by atoms with Gasteiger partial charge in [0.2, 0.25) is 0 Å². The van der Waals surface area contributed by atoms with Gasteiger partial charge in [0.05, 0.1) is 19.8 Å². The van der Waals surface area contributed by atoms with Gasteiger partial charge in [0.25, 0.3) is 0 Å². The number of aliphatic hydroxyl groups is 1. The van der Waals surface area contributed by atoms with E-state index in [0.29, 0.717) is 25.7 Å². The lowest BCUT2D eigenvalue weighted by atomic mass is 10.0. The van der Waals surface area contributed by atoms with Crippen molar-refractivity contribution in [1.29, 1.82) is 0 Å². The maximum atomic E-state index is 12.9. The molecule has 78 heavy (non-hydrogen) atoms. The van der Waals surface area contributed by atoms with Crippen molar-refractivity contribution < 1.29 is 52.2 Å². The van der Waals surface area contributed by atoms with Crippen LogP contribution < -0.4 is 0 Å². The molecule has 0 bridgehead atoms. The third-order valence-electron chi connectivity index (χ3n) is 13.0. The summed E-state index contributed by atoms with van der Waals surface area (Å²) in [5.41, 5.74) is 0. The van der Waals surface area contributed by atoms with Gasteiger partial charge in [0, 0.05) is 19.3 Å². The van der Waals surface area contributed by atoms with Gasteiger partial charge in [0.15, 0.2) is 6.10 Å². The smallest absolute Gasteiger partial charge is 0.462 e. The largest absolute Gasteiger partial charge is 0.472 e. The molecule has 0 amide bonds. The van der Waals surface area contributed by atoms with Crippen LogP contribution >= 0.6 is 7.82 Å². The number of aliphatic hydroxyl groups excluding tert-OH is 1. The fraction of sp³-hybridized carbons (Fsp3) is 0.712. The Balaban J connectivity index is 4.77. The van der Waals surface area contributed by atoms with Crippen molar-refractivity contribution in [1.82, 2.24) is 0 Å². The Bertz CT molecular complexity index is 1680. The summed E-state index contributed by atoms with van der Waals surface area (Å²) >= 11 is 0. The highest BCUT2D eigenvalue weighted by molar-refractivity contribution is 7.47. The number of rotatable bonds is 57. The van der Waals surface area contributed by atoms with E-state index >= 15 is 0 Å². The van der Waals surface area contributed by atoms with Crippen molar-refractivity contribution in [2.45, 2.75) is 277 Å². The first-order valence-electron chi connectivity index (χ1n) is 31.1. The van der Waals surface area contributed by atoms with Crippen molar-refractivity contribution in [3.63, 3.8) is 0 Å². The molecule has 0 fully saturated rings. The Morgan fingerprint density at radius 3 is 1.06 bits per heavy atom. The van der Waals surface area contributed by atoms with E-state index in [-0.39, 0.29) is 25.9 Å². The lowest BCUT2D eigenvalue weighted by molar-refractivity contribution is -0.161. The van der Waals surface area contributed by atoms with Gasteiger partial charge in [-0.3, -0.25) is 23.4 Å². The van der Waals surface area contributed by atoms with Gasteiger partial charge in [-0.2, -0.15) is 0 Å². The Morgan fingerprint density at radius 1 is 0.372 bits per heavy atom. The van der Waals surface area contributed by atoms with E-state index in [4.69, 9.17) is 23.3 Å². The summed E-state index contributed by atoms with van der Waals surface area (Å²) in [6.45, 7) is 4.38. The average Bonchev–Trinajstić information content (AvgIpc) is 3.43. The van der Waals surface area contributed by atoms with Crippen molar-refractivity contribution in [3.05, 3.63) is 97.2 Å². The molecule has 3 unspecified atom stereocenters. The molecule has 0 saturated carbocycles. The molecule has 2 N–H and O–H groups in total. The van der Waals surface area contributed by atoms with Crippen LogP contribution in [0.2, 0.25) is 0 Å². The molecular weight excluding hydrogens is 1000 g/mol. The summed E-state index contributed by atoms with van der Waals surface area (Å²) in [5, 5.41) is 9.85. The molecule has 0 rings (SSSR count). The van der Waals surface area contributed by atoms with Crippen LogP contribution in [0.15, 0.2) is 97.2 Å². The summed E-state index contributed by atoms with van der Waals surface area (Å²) in [6.07, 6.45) is 70.8. The van der Waals surface area contributed by atoms with Gasteiger partial charge in [-0.15, -0.1) is 0 Å². The predicted molar refractivity (Wildman–Crippen MR) is 325 cm³/mol. The lowest BCUT2D eigenvalue weighted by Gasteiger charge is -2.21. The number of allylic oxidation sites excluding steroid dienone is 16. The predicted octanol–water partition coefficient (Wildman–Crippen LogP) is 18.8. The second-order valence-corrected chi connectivity index (χ2v) is 21.9. The monoisotopic (exact) mass is 1110 g/mol. The number of ether oxygens (including phenoxy) is 3. The van der Waals surface area contributed by atoms with Crippen LogP contribution in [0.25, 0.3) is 0 Å². The molecule has 0 saturated heterocycles. The molecule has 0 aliphatic heterocycles. The first kappa shape index (κ1) is 74.4. The minimum absolute atomic E-state index is 0.141. The second kappa shape index (κ2) is 59.5. The standard InChI is InChI=1S/C66H113O11P/c1-4-7-10-13-16-19-22-25-28-31-34-37-40-43-46-49-52-55-64(68)73-59-63(77-66(70)57-54-51-48-45-42-39-36-33-30-27-24-21-18-15-12-9-6-3)61-75-78(71,72)74-60-62(58-67)76-65(69)56-53-50-47-44-41-38-35-32-29-26-23-20-17-14-11-8-5-2/h7,9-10,12,16,18-19,21,25,27-28,30,34,37,43,46,62-63,67H,4-6,8,11,13-15,17,20,22-24,26,29,31-33,35-36,38-42,44-45,47-61H2,1-3H3,(H,71,72)/b10-7-,12-9-,19-16-,21-18-,28-25-,30-27-,37-34-,46-43-. The molecule has 0 radical (unpaired) electrons. The number of carbonyl (C=O) groups excluding carboxylic acids is 3. The van der Waals surface area contributed by atoms with Crippen LogP contribution in [-0.2, 0) is 42.2 Å². The quantitative estimate of drug-likeness (QED) is 0.0197. The summed E-state index contributed by atoms with van der Waals surface area (Å²) in [5.74, 6) is -1.54. The zero-order chi connectivity index (χ0) is 56.9. The van der Waals surface area contributed by atoms with E-state index in [9.17, 15) is 28.9 Å². The van der Waals surface area contributed by atoms with E-state index in [2.05, 4.69) is 112 Å². The molecule has 0 spiro atoms. The van der Waals surface area contributed by atoms with Crippen molar-refractivity contribution >= 4 is 25.7 Å². The van der Waals surface area contributed by atoms with Crippen molar-refractivity contribution in [2.75, 3.05) is 26.4 Å². The van der Waals surface area contributed by atoms with Gasteiger partial charge in [-0.1, -0.05) is 253 Å². The van der Waals surface area contributed by atoms with Gasteiger partial charge in [-0.25, -0.2) is 4.57 Å². The highest BCUT2D eigenvalue weighted by Gasteiger charge is 2.28. The summed E-state index contributed by atoms with van der Waals surface area (Å²) in [4.78, 5) is 48.7. The molecule has 3 atom stereocenters. The van der Waals surface area contributed by atoms with Gasteiger partial charge in [0.1, 0.15) is 12.7 Å². The molecule has 448 valence electrons. The maximum Gasteiger partial charge on any atom is 0.472 e. The fourth-order valence-electron chi connectivity index (χ4n) is 8.35. The van der Waals surface area contributed by atoms with E-state index in [0.717, 1.165) is 116 Å². The number of carbonyl (C=O) groups is 3. The number of phosphoric ester groups is 1. The van der Waals surface area contributed by atoms with Crippen LogP contribution in [0.1, 0.15) is 265 Å². The summed E-state index contributed by atoms with van der Waals surface area (Å²) < 4.78 is 39.6. The minimum Gasteiger partial charge on any atom is -0.462 e. The summed E-state index contributed by atoms with van der Waals surface area (Å²) in [6, 6.07) is 0. The molecule has 0 aromatic rings. The Morgan fingerprint density at radius 2 is 0.679 bits per heavy atom. The van der Waals surface area contributed by atoms with Crippen molar-refractivity contribution in [3.8, 4) is 0 Å². The number of hydrogen-bond acceptors (Lipinski definition) is 10. The first-order chi connectivity index (χ1) is 38.2. The Hall–Kier alpha value is -3.60. The van der Waals surface area contributed by atoms with Crippen LogP contribution in [0.4, 0.5) is 0 Å². The molecule has 0 heterocycles. The van der Waals surface area contributed by atoms with Gasteiger partial charge < -0.3 is 24.2 Å². The summed E-state index contributed by atoms with van der Waals surface area (Å²) in [7, 11) is -4.77. The molecule has 0 aromatic heterocycles. The van der Waals surface area contributed by atoms with E-state index in [1.807, 2.05) is 6.08 Å². The molecule has 0 aromatic carbocycles. The normalized spacial score (nSPS) is 14.0. The average molecular weight is 1110 g/mol. The topological polar surface area (TPSA) is 155 Å². The van der Waals surface area contributed by atoms with Crippen LogP contribution in [-0.4, -0.2) is 66.5 Å². The third kappa shape index (κ3) is 57.1.